The van der Waals surface area contributed by atoms with Crippen LogP contribution in [0.3, 0.4) is 0 Å². The average Bonchev–Trinajstić information content (AvgIpc) is 2.07. The van der Waals surface area contributed by atoms with Gasteiger partial charge in [-0.15, -0.1) is 0 Å². The van der Waals surface area contributed by atoms with Crippen molar-refractivity contribution in [3.05, 3.63) is 24.5 Å². The molecule has 0 atom stereocenters. The summed E-state index contributed by atoms with van der Waals surface area (Å²) in [6.45, 7) is 4.17. The highest BCUT2D eigenvalue weighted by molar-refractivity contribution is 5.91. The molecule has 0 aliphatic heterocycles. The van der Waals surface area contributed by atoms with Crippen LogP contribution in [0.5, 0.6) is 0 Å². The van der Waals surface area contributed by atoms with Crippen LogP contribution in [-0.4, -0.2) is 17.4 Å². The van der Waals surface area contributed by atoms with E-state index < -0.39 is 0 Å². The van der Waals surface area contributed by atoms with E-state index in [1.807, 2.05) is 19.1 Å². The lowest BCUT2D eigenvalue weighted by Crippen LogP contribution is -2.27. The van der Waals surface area contributed by atoms with E-state index in [1.165, 1.54) is 0 Å². The summed E-state index contributed by atoms with van der Waals surface area (Å²) in [5.74, 6) is 0.0468. The monoisotopic (exact) mass is 164 g/mol. The third kappa shape index (κ3) is 1.81. The zero-order chi connectivity index (χ0) is 8.97. The van der Waals surface area contributed by atoms with Gasteiger partial charge in [0.15, 0.2) is 0 Å². The van der Waals surface area contributed by atoms with E-state index in [4.69, 9.17) is 0 Å². The fraction of sp³-hybridized carbons (Fsp3) is 0.333. The molecule has 0 bridgehead atoms. The van der Waals surface area contributed by atoms with Gasteiger partial charge in [-0.1, -0.05) is 0 Å². The molecule has 0 saturated heterocycles. The zero-order valence-corrected chi connectivity index (χ0v) is 7.32. The van der Waals surface area contributed by atoms with Crippen LogP contribution in [0, 0.1) is 0 Å². The molecule has 0 aromatic carbocycles. The summed E-state index contributed by atoms with van der Waals surface area (Å²) < 4.78 is 0. The van der Waals surface area contributed by atoms with Crippen molar-refractivity contribution < 1.29 is 4.79 Å². The fourth-order valence-electron chi connectivity index (χ4n) is 1.10. The lowest BCUT2D eigenvalue weighted by molar-refractivity contribution is -0.116. The first-order valence-corrected chi connectivity index (χ1v) is 3.94. The Balaban J connectivity index is 2.88. The summed E-state index contributed by atoms with van der Waals surface area (Å²) in [6, 6.07) is 3.69. The second-order valence-electron chi connectivity index (χ2n) is 2.47. The predicted octanol–water partition coefficient (Wildman–Crippen LogP) is 1.45. The van der Waals surface area contributed by atoms with Gasteiger partial charge in [0.1, 0.15) is 0 Å². The van der Waals surface area contributed by atoms with Gasteiger partial charge in [0.25, 0.3) is 0 Å². The molecule has 0 radical (unpaired) electrons. The highest BCUT2D eigenvalue weighted by atomic mass is 16.2. The van der Waals surface area contributed by atoms with Gasteiger partial charge in [-0.05, 0) is 19.1 Å². The normalized spacial score (nSPS) is 9.50. The molecule has 1 heterocycles. The van der Waals surface area contributed by atoms with Gasteiger partial charge in [-0.2, -0.15) is 0 Å². The smallest absolute Gasteiger partial charge is 0.223 e. The molecule has 0 unspecified atom stereocenters. The second kappa shape index (κ2) is 3.85. The van der Waals surface area contributed by atoms with Crippen LogP contribution in [0.1, 0.15) is 13.8 Å². The molecule has 3 heteroatoms. The van der Waals surface area contributed by atoms with Gasteiger partial charge in [-0.3, -0.25) is 9.78 Å². The Hall–Kier alpha value is -1.38. The molecule has 0 saturated carbocycles. The fourth-order valence-corrected chi connectivity index (χ4v) is 1.10. The average molecular weight is 164 g/mol. The summed E-state index contributed by atoms with van der Waals surface area (Å²) in [6.07, 6.45) is 3.38. The lowest BCUT2D eigenvalue weighted by Gasteiger charge is -2.17. The molecule has 1 aromatic heterocycles. The minimum atomic E-state index is 0.0468. The number of hydrogen-bond acceptors (Lipinski definition) is 2. The van der Waals surface area contributed by atoms with E-state index in [0.29, 0.717) is 6.54 Å². The zero-order valence-electron chi connectivity index (χ0n) is 7.32. The molecule has 1 rings (SSSR count). The van der Waals surface area contributed by atoms with Crippen molar-refractivity contribution in [2.24, 2.45) is 0 Å². The Bertz CT molecular complexity index is 258. The van der Waals surface area contributed by atoms with E-state index >= 15 is 0 Å². The molecule has 1 amide bonds. The van der Waals surface area contributed by atoms with Gasteiger partial charge in [0.05, 0.1) is 11.9 Å². The Kier molecular flexibility index (Phi) is 2.80. The van der Waals surface area contributed by atoms with Crippen LogP contribution in [0.15, 0.2) is 24.5 Å². The van der Waals surface area contributed by atoms with Crippen LogP contribution in [0.2, 0.25) is 0 Å². The third-order valence-corrected chi connectivity index (χ3v) is 1.65. The number of aromatic nitrogens is 1. The van der Waals surface area contributed by atoms with Crippen molar-refractivity contribution >= 4 is 11.6 Å². The first kappa shape index (κ1) is 8.71. The maximum absolute atomic E-state index is 11.1. The van der Waals surface area contributed by atoms with E-state index in [2.05, 4.69) is 4.98 Å². The first-order chi connectivity index (χ1) is 5.75. The third-order valence-electron chi connectivity index (χ3n) is 1.65. The van der Waals surface area contributed by atoms with Crippen molar-refractivity contribution in [3.8, 4) is 0 Å². The van der Waals surface area contributed by atoms with Crippen LogP contribution in [-0.2, 0) is 4.79 Å². The lowest BCUT2D eigenvalue weighted by atomic mass is 10.3. The number of rotatable bonds is 2. The van der Waals surface area contributed by atoms with Gasteiger partial charge in [0, 0.05) is 19.7 Å². The highest BCUT2D eigenvalue weighted by Crippen LogP contribution is 2.10. The number of carbonyl (C=O) groups is 1. The number of hydrogen-bond donors (Lipinski definition) is 0. The Morgan fingerprint density at radius 1 is 1.67 bits per heavy atom. The largest absolute Gasteiger partial charge is 0.311 e. The van der Waals surface area contributed by atoms with Gasteiger partial charge in [-0.25, -0.2) is 0 Å². The van der Waals surface area contributed by atoms with E-state index in [9.17, 15) is 4.79 Å². The van der Waals surface area contributed by atoms with Gasteiger partial charge < -0.3 is 4.90 Å². The second-order valence-corrected chi connectivity index (χ2v) is 2.47. The molecular formula is C9H12N2O. The van der Waals surface area contributed by atoms with E-state index in [0.717, 1.165) is 5.69 Å². The summed E-state index contributed by atoms with van der Waals surface area (Å²) in [4.78, 5) is 16.7. The van der Waals surface area contributed by atoms with Crippen molar-refractivity contribution in [2.45, 2.75) is 13.8 Å². The molecule has 0 spiro atoms. The quantitative estimate of drug-likeness (QED) is 0.663. The number of amides is 1. The number of pyridine rings is 1. The Morgan fingerprint density at radius 2 is 2.42 bits per heavy atom. The summed E-state index contributed by atoms with van der Waals surface area (Å²) in [5.41, 5.74) is 0.854. The molecule has 0 N–H and O–H groups in total. The Morgan fingerprint density at radius 3 is 2.83 bits per heavy atom. The van der Waals surface area contributed by atoms with E-state index in [1.54, 1.807) is 24.2 Å². The van der Waals surface area contributed by atoms with Crippen molar-refractivity contribution in [1.29, 1.82) is 0 Å². The predicted molar refractivity (Wildman–Crippen MR) is 47.9 cm³/mol. The standard InChI is InChI=1S/C9H12N2O/c1-3-11(8(2)12)9-5-4-6-10-7-9/h4-7H,3H2,1-2H3. The Labute approximate surface area is 72.0 Å². The molecule has 12 heavy (non-hydrogen) atoms. The molecule has 0 aliphatic carbocycles. The minimum absolute atomic E-state index is 0.0468. The van der Waals surface area contributed by atoms with Crippen LogP contribution in [0.4, 0.5) is 5.69 Å². The molecule has 0 fully saturated rings. The summed E-state index contributed by atoms with van der Waals surface area (Å²) in [7, 11) is 0. The molecule has 3 nitrogen and oxygen atoms in total. The highest BCUT2D eigenvalue weighted by Gasteiger charge is 2.07. The van der Waals surface area contributed by atoms with Crippen molar-refractivity contribution in [2.75, 3.05) is 11.4 Å². The van der Waals surface area contributed by atoms with Crippen LogP contribution in [0.25, 0.3) is 0 Å². The molecule has 1 aromatic rings. The molecule has 0 aliphatic rings. The maximum atomic E-state index is 11.1. The summed E-state index contributed by atoms with van der Waals surface area (Å²) >= 11 is 0. The minimum Gasteiger partial charge on any atom is -0.311 e. The summed E-state index contributed by atoms with van der Waals surface area (Å²) in [5, 5.41) is 0. The first-order valence-electron chi connectivity index (χ1n) is 3.94. The molecular weight excluding hydrogens is 152 g/mol. The van der Waals surface area contributed by atoms with Gasteiger partial charge in [0.2, 0.25) is 5.91 Å². The topological polar surface area (TPSA) is 33.2 Å². The van der Waals surface area contributed by atoms with Gasteiger partial charge >= 0.3 is 0 Å². The maximum Gasteiger partial charge on any atom is 0.223 e. The number of nitrogens with zero attached hydrogens (tertiary/aromatic N) is 2. The van der Waals surface area contributed by atoms with Crippen LogP contribution >= 0.6 is 0 Å². The van der Waals surface area contributed by atoms with Crippen molar-refractivity contribution in [1.82, 2.24) is 4.98 Å². The van der Waals surface area contributed by atoms with E-state index in [-0.39, 0.29) is 5.91 Å². The number of carbonyl (C=O) groups excluding carboxylic acids is 1. The van der Waals surface area contributed by atoms with Crippen molar-refractivity contribution in [3.63, 3.8) is 0 Å². The SMILES string of the molecule is CCN(C(C)=O)c1cccnc1. The number of anilines is 1. The van der Waals surface area contributed by atoms with Crippen LogP contribution < -0.4 is 4.90 Å². The molecule has 64 valence electrons.